The highest BCUT2D eigenvalue weighted by Crippen LogP contribution is 2.18. The molecule has 1 heterocycles. The molecular formula is C13H16N2O. The van der Waals surface area contributed by atoms with Crippen LogP contribution in [0.3, 0.4) is 0 Å². The molecule has 0 atom stereocenters. The number of carbonyl (C=O) groups excluding carboxylic acids is 1. The molecule has 0 radical (unpaired) electrons. The van der Waals surface area contributed by atoms with Gasteiger partial charge in [-0.05, 0) is 38.5 Å². The fraction of sp³-hybridized carbons (Fsp3) is 0.385. The van der Waals surface area contributed by atoms with Crippen LogP contribution < -0.4 is 0 Å². The van der Waals surface area contributed by atoms with Crippen molar-refractivity contribution >= 4 is 16.8 Å². The van der Waals surface area contributed by atoms with E-state index in [0.717, 1.165) is 29.0 Å². The van der Waals surface area contributed by atoms with Crippen molar-refractivity contribution in [2.75, 3.05) is 0 Å². The van der Waals surface area contributed by atoms with Gasteiger partial charge < -0.3 is 4.57 Å². The third kappa shape index (κ3) is 1.85. The van der Waals surface area contributed by atoms with Gasteiger partial charge in [0.05, 0.1) is 11.0 Å². The number of fused-ring (bicyclic) bond motifs is 1. The predicted molar refractivity (Wildman–Crippen MR) is 64.5 cm³/mol. The first-order chi connectivity index (χ1) is 7.61. The van der Waals surface area contributed by atoms with Crippen LogP contribution in [0.1, 0.15) is 25.2 Å². The summed E-state index contributed by atoms with van der Waals surface area (Å²) in [6.45, 7) is 6.65. The van der Waals surface area contributed by atoms with Crippen LogP contribution >= 0.6 is 0 Å². The number of hydrogen-bond acceptors (Lipinski definition) is 2. The third-order valence-electron chi connectivity index (χ3n) is 2.77. The minimum absolute atomic E-state index is 0.186. The normalized spacial score (nSPS) is 10.9. The Morgan fingerprint density at radius 2 is 2.19 bits per heavy atom. The van der Waals surface area contributed by atoms with E-state index in [1.807, 2.05) is 19.1 Å². The summed E-state index contributed by atoms with van der Waals surface area (Å²) < 4.78 is 2.17. The monoisotopic (exact) mass is 216 g/mol. The van der Waals surface area contributed by atoms with Crippen molar-refractivity contribution in [2.24, 2.45) is 0 Å². The van der Waals surface area contributed by atoms with E-state index >= 15 is 0 Å². The molecule has 0 N–H and O–H groups in total. The number of carbonyl (C=O) groups is 1. The van der Waals surface area contributed by atoms with Crippen molar-refractivity contribution < 1.29 is 4.79 Å². The zero-order valence-corrected chi connectivity index (χ0v) is 9.95. The van der Waals surface area contributed by atoms with Crippen LogP contribution in [0.2, 0.25) is 0 Å². The van der Waals surface area contributed by atoms with Gasteiger partial charge in [0.15, 0.2) is 0 Å². The van der Waals surface area contributed by atoms with Gasteiger partial charge >= 0.3 is 0 Å². The van der Waals surface area contributed by atoms with Crippen LogP contribution in [0.15, 0.2) is 18.2 Å². The Labute approximate surface area is 95.1 Å². The number of imidazole rings is 1. The van der Waals surface area contributed by atoms with Crippen molar-refractivity contribution in [3.63, 3.8) is 0 Å². The maximum absolute atomic E-state index is 11.1. The van der Waals surface area contributed by atoms with Crippen molar-refractivity contribution in [3.8, 4) is 0 Å². The van der Waals surface area contributed by atoms with Crippen molar-refractivity contribution in [1.29, 1.82) is 0 Å². The molecule has 3 heteroatoms. The number of nitrogens with zero attached hydrogens (tertiary/aromatic N) is 2. The summed E-state index contributed by atoms with van der Waals surface area (Å²) in [5, 5.41) is 0. The van der Waals surface area contributed by atoms with Gasteiger partial charge in [0.25, 0.3) is 0 Å². The van der Waals surface area contributed by atoms with Gasteiger partial charge in [-0.1, -0.05) is 6.07 Å². The van der Waals surface area contributed by atoms with E-state index in [0.29, 0.717) is 6.42 Å². The lowest BCUT2D eigenvalue weighted by atomic mass is 10.1. The summed E-state index contributed by atoms with van der Waals surface area (Å²) in [6.07, 6.45) is 0.494. The molecule has 0 spiro atoms. The highest BCUT2D eigenvalue weighted by atomic mass is 16.1. The second-order valence-electron chi connectivity index (χ2n) is 4.11. The molecule has 0 aliphatic rings. The number of aryl methyl sites for hydroxylation is 2. The Morgan fingerprint density at radius 3 is 2.81 bits per heavy atom. The number of hydrogen-bond donors (Lipinski definition) is 0. The molecule has 0 unspecified atom stereocenters. The fourth-order valence-corrected chi connectivity index (χ4v) is 2.09. The quantitative estimate of drug-likeness (QED) is 0.790. The Kier molecular flexibility index (Phi) is 2.77. The highest BCUT2D eigenvalue weighted by molar-refractivity contribution is 5.81. The second-order valence-corrected chi connectivity index (χ2v) is 4.11. The molecule has 0 aliphatic heterocycles. The molecule has 2 rings (SSSR count). The Balaban J connectivity index is 2.51. The standard InChI is InChI=1S/C13H16N2O/c1-4-15-10(3)14-12-8-11(7-9(2)16)5-6-13(12)15/h5-6,8H,4,7H2,1-3H3. The van der Waals surface area contributed by atoms with Gasteiger partial charge in [-0.2, -0.15) is 0 Å². The molecular weight excluding hydrogens is 200 g/mol. The van der Waals surface area contributed by atoms with Gasteiger partial charge in [-0.15, -0.1) is 0 Å². The number of benzene rings is 1. The van der Waals surface area contributed by atoms with E-state index in [1.165, 1.54) is 0 Å². The van der Waals surface area contributed by atoms with Crippen LogP contribution in [-0.2, 0) is 17.8 Å². The summed E-state index contributed by atoms with van der Waals surface area (Å²) in [5.41, 5.74) is 3.17. The summed E-state index contributed by atoms with van der Waals surface area (Å²) in [5.74, 6) is 1.21. The minimum atomic E-state index is 0.186. The Morgan fingerprint density at radius 1 is 1.44 bits per heavy atom. The predicted octanol–water partition coefficient (Wildman–Crippen LogP) is 2.50. The zero-order chi connectivity index (χ0) is 11.7. The first-order valence-electron chi connectivity index (χ1n) is 5.57. The summed E-state index contributed by atoms with van der Waals surface area (Å²) in [4.78, 5) is 15.6. The molecule has 1 aromatic heterocycles. The first kappa shape index (κ1) is 10.9. The lowest BCUT2D eigenvalue weighted by molar-refractivity contribution is -0.116. The maximum Gasteiger partial charge on any atom is 0.134 e. The third-order valence-corrected chi connectivity index (χ3v) is 2.77. The molecule has 0 fully saturated rings. The van der Waals surface area contributed by atoms with Crippen molar-refractivity contribution in [3.05, 3.63) is 29.6 Å². The summed E-state index contributed by atoms with van der Waals surface area (Å²) in [6, 6.07) is 6.07. The lowest BCUT2D eigenvalue weighted by Gasteiger charge is -2.02. The average molecular weight is 216 g/mol. The zero-order valence-electron chi connectivity index (χ0n) is 9.95. The van der Waals surface area contributed by atoms with E-state index in [9.17, 15) is 4.79 Å². The maximum atomic E-state index is 11.1. The molecule has 0 aliphatic carbocycles. The van der Waals surface area contributed by atoms with Crippen LogP contribution in [-0.4, -0.2) is 15.3 Å². The molecule has 0 amide bonds. The van der Waals surface area contributed by atoms with Gasteiger partial charge in [0.2, 0.25) is 0 Å². The minimum Gasteiger partial charge on any atom is -0.329 e. The average Bonchev–Trinajstić information content (AvgIpc) is 2.51. The SMILES string of the molecule is CCn1c(C)nc2cc(CC(C)=O)ccc21. The van der Waals surface area contributed by atoms with Gasteiger partial charge in [-0.25, -0.2) is 4.98 Å². The Bertz CT molecular complexity index is 540. The van der Waals surface area contributed by atoms with Crippen molar-refractivity contribution in [1.82, 2.24) is 9.55 Å². The number of rotatable bonds is 3. The van der Waals surface area contributed by atoms with Crippen LogP contribution in [0.5, 0.6) is 0 Å². The van der Waals surface area contributed by atoms with E-state index < -0.39 is 0 Å². The van der Waals surface area contributed by atoms with E-state index in [2.05, 4.69) is 22.5 Å². The van der Waals surface area contributed by atoms with Crippen LogP contribution in [0.4, 0.5) is 0 Å². The van der Waals surface area contributed by atoms with Gasteiger partial charge in [0, 0.05) is 13.0 Å². The van der Waals surface area contributed by atoms with E-state index in [-0.39, 0.29) is 5.78 Å². The van der Waals surface area contributed by atoms with Gasteiger partial charge in [-0.3, -0.25) is 4.79 Å². The van der Waals surface area contributed by atoms with Crippen molar-refractivity contribution in [2.45, 2.75) is 33.7 Å². The summed E-state index contributed by atoms with van der Waals surface area (Å²) in [7, 11) is 0. The van der Waals surface area contributed by atoms with Crippen LogP contribution in [0, 0.1) is 6.92 Å². The number of Topliss-reactive ketones (excluding diaryl/α,β-unsaturated/α-hetero) is 1. The highest BCUT2D eigenvalue weighted by Gasteiger charge is 2.07. The number of ketones is 1. The molecule has 3 nitrogen and oxygen atoms in total. The molecule has 0 bridgehead atoms. The first-order valence-corrected chi connectivity index (χ1v) is 5.57. The topological polar surface area (TPSA) is 34.9 Å². The lowest BCUT2D eigenvalue weighted by Crippen LogP contribution is -1.97. The summed E-state index contributed by atoms with van der Waals surface area (Å²) >= 11 is 0. The fourth-order valence-electron chi connectivity index (χ4n) is 2.09. The molecule has 2 aromatic rings. The van der Waals surface area contributed by atoms with Crippen LogP contribution in [0.25, 0.3) is 11.0 Å². The largest absolute Gasteiger partial charge is 0.329 e. The van der Waals surface area contributed by atoms with E-state index in [4.69, 9.17) is 0 Å². The second kappa shape index (κ2) is 4.08. The molecule has 0 saturated carbocycles. The number of aromatic nitrogens is 2. The van der Waals surface area contributed by atoms with Gasteiger partial charge in [0.1, 0.15) is 11.6 Å². The van der Waals surface area contributed by atoms with E-state index in [1.54, 1.807) is 6.92 Å². The Hall–Kier alpha value is -1.64. The molecule has 0 saturated heterocycles. The molecule has 16 heavy (non-hydrogen) atoms. The molecule has 84 valence electrons. The smallest absolute Gasteiger partial charge is 0.134 e. The molecule has 1 aromatic carbocycles.